The van der Waals surface area contributed by atoms with Crippen LogP contribution < -0.4 is 10.6 Å². The van der Waals surface area contributed by atoms with E-state index in [0.717, 1.165) is 19.4 Å². The van der Waals surface area contributed by atoms with Crippen molar-refractivity contribution in [1.29, 1.82) is 5.26 Å². The van der Waals surface area contributed by atoms with Crippen LogP contribution in [0.5, 0.6) is 0 Å². The van der Waals surface area contributed by atoms with Crippen molar-refractivity contribution in [3.8, 4) is 6.07 Å². The number of nitrogens with zero attached hydrogens (tertiary/aromatic N) is 1. The van der Waals surface area contributed by atoms with Gasteiger partial charge in [0.2, 0.25) is 5.91 Å². The Balaban J connectivity index is 2.42. The van der Waals surface area contributed by atoms with Crippen LogP contribution in [-0.4, -0.2) is 24.5 Å². The van der Waals surface area contributed by atoms with Crippen LogP contribution >= 0.6 is 0 Å². The molecule has 1 rings (SSSR count). The van der Waals surface area contributed by atoms with Crippen molar-refractivity contribution in [3.05, 3.63) is 0 Å². The Morgan fingerprint density at radius 3 is 3.07 bits per heavy atom. The van der Waals surface area contributed by atoms with Gasteiger partial charge in [-0.25, -0.2) is 0 Å². The van der Waals surface area contributed by atoms with E-state index in [1.54, 1.807) is 0 Å². The summed E-state index contributed by atoms with van der Waals surface area (Å²) >= 11 is 0. The Hall–Kier alpha value is -1.08. The first kappa shape index (κ1) is 12.0. The third kappa shape index (κ3) is 3.52. The van der Waals surface area contributed by atoms with Gasteiger partial charge in [0.1, 0.15) is 0 Å². The zero-order valence-corrected chi connectivity index (χ0v) is 9.42. The smallest absolute Gasteiger partial charge is 0.237 e. The number of carbonyl (C=O) groups excluding carboxylic acids is 1. The lowest BCUT2D eigenvalue weighted by Crippen LogP contribution is -2.52. The van der Waals surface area contributed by atoms with Gasteiger partial charge < -0.3 is 10.6 Å². The second-order valence-corrected chi connectivity index (χ2v) is 4.32. The molecule has 0 spiro atoms. The van der Waals surface area contributed by atoms with Crippen LogP contribution in [0.4, 0.5) is 0 Å². The van der Waals surface area contributed by atoms with E-state index in [4.69, 9.17) is 5.26 Å². The van der Waals surface area contributed by atoms with Gasteiger partial charge in [0.25, 0.3) is 0 Å². The van der Waals surface area contributed by atoms with Gasteiger partial charge >= 0.3 is 0 Å². The maximum absolute atomic E-state index is 11.8. The van der Waals surface area contributed by atoms with E-state index in [1.165, 1.54) is 0 Å². The summed E-state index contributed by atoms with van der Waals surface area (Å²) in [7, 11) is 0. The van der Waals surface area contributed by atoms with Crippen molar-refractivity contribution in [2.24, 2.45) is 5.92 Å². The van der Waals surface area contributed by atoms with Crippen molar-refractivity contribution >= 4 is 5.91 Å². The summed E-state index contributed by atoms with van der Waals surface area (Å²) in [6.07, 6.45) is 2.60. The highest BCUT2D eigenvalue weighted by atomic mass is 16.2. The molecule has 15 heavy (non-hydrogen) atoms. The highest BCUT2D eigenvalue weighted by Crippen LogP contribution is 2.15. The molecule has 0 saturated carbocycles. The van der Waals surface area contributed by atoms with E-state index < -0.39 is 0 Å². The molecular formula is C11H19N3O. The van der Waals surface area contributed by atoms with E-state index in [9.17, 15) is 4.79 Å². The van der Waals surface area contributed by atoms with Gasteiger partial charge in [-0.15, -0.1) is 0 Å². The molecule has 84 valence electrons. The molecule has 2 N–H and O–H groups in total. The molecule has 3 atom stereocenters. The SMILES string of the molecule is CC(CC#N)NC(=O)C1NCCCC1C. The van der Waals surface area contributed by atoms with Crippen LogP contribution in [0.1, 0.15) is 33.1 Å². The molecule has 1 saturated heterocycles. The first-order valence-corrected chi connectivity index (χ1v) is 5.56. The number of carbonyl (C=O) groups is 1. The van der Waals surface area contributed by atoms with Gasteiger partial charge in [-0.3, -0.25) is 4.79 Å². The summed E-state index contributed by atoms with van der Waals surface area (Å²) in [5.41, 5.74) is 0. The molecule has 1 aliphatic heterocycles. The fourth-order valence-electron chi connectivity index (χ4n) is 1.92. The van der Waals surface area contributed by atoms with Gasteiger partial charge in [-0.1, -0.05) is 6.92 Å². The van der Waals surface area contributed by atoms with Crippen LogP contribution in [0.15, 0.2) is 0 Å². The van der Waals surface area contributed by atoms with Gasteiger partial charge in [0.05, 0.1) is 18.5 Å². The maximum atomic E-state index is 11.8. The van der Waals surface area contributed by atoms with Crippen LogP contribution in [-0.2, 0) is 4.79 Å². The molecule has 0 bridgehead atoms. The van der Waals surface area contributed by atoms with E-state index in [-0.39, 0.29) is 18.0 Å². The number of amides is 1. The molecule has 0 aromatic carbocycles. The van der Waals surface area contributed by atoms with Crippen molar-refractivity contribution in [2.75, 3.05) is 6.54 Å². The van der Waals surface area contributed by atoms with E-state index in [2.05, 4.69) is 23.6 Å². The fourth-order valence-corrected chi connectivity index (χ4v) is 1.92. The Bertz CT molecular complexity index is 259. The highest BCUT2D eigenvalue weighted by molar-refractivity contribution is 5.82. The monoisotopic (exact) mass is 209 g/mol. The zero-order valence-electron chi connectivity index (χ0n) is 9.42. The second kappa shape index (κ2) is 5.72. The summed E-state index contributed by atoms with van der Waals surface area (Å²) < 4.78 is 0. The second-order valence-electron chi connectivity index (χ2n) is 4.32. The minimum Gasteiger partial charge on any atom is -0.351 e. The number of nitriles is 1. The molecule has 1 heterocycles. The first-order chi connectivity index (χ1) is 7.15. The summed E-state index contributed by atoms with van der Waals surface area (Å²) in [5, 5.41) is 14.6. The highest BCUT2D eigenvalue weighted by Gasteiger charge is 2.27. The standard InChI is InChI=1S/C11H19N3O/c1-8-4-3-7-13-10(8)11(15)14-9(2)5-6-12/h8-10,13H,3-5,7H2,1-2H3,(H,14,15). The topological polar surface area (TPSA) is 64.9 Å². The summed E-state index contributed by atoms with van der Waals surface area (Å²) in [5.74, 6) is 0.415. The van der Waals surface area contributed by atoms with Crippen molar-refractivity contribution < 1.29 is 4.79 Å². The Morgan fingerprint density at radius 1 is 1.73 bits per heavy atom. The lowest BCUT2D eigenvalue weighted by molar-refractivity contribution is -0.125. The van der Waals surface area contributed by atoms with E-state index in [0.29, 0.717) is 12.3 Å². The van der Waals surface area contributed by atoms with Crippen molar-refractivity contribution in [2.45, 2.75) is 45.2 Å². The van der Waals surface area contributed by atoms with Crippen LogP contribution in [0.2, 0.25) is 0 Å². The summed E-state index contributed by atoms with van der Waals surface area (Å²) in [6.45, 7) is 4.86. The van der Waals surface area contributed by atoms with Gasteiger partial charge in [0, 0.05) is 6.04 Å². The molecule has 0 radical (unpaired) electrons. The van der Waals surface area contributed by atoms with E-state index in [1.807, 2.05) is 6.92 Å². The molecule has 0 aromatic rings. The largest absolute Gasteiger partial charge is 0.351 e. The lowest BCUT2D eigenvalue weighted by Gasteiger charge is -2.29. The molecule has 4 heteroatoms. The lowest BCUT2D eigenvalue weighted by atomic mass is 9.92. The predicted octanol–water partition coefficient (Wildman–Crippen LogP) is 0.793. The Labute approximate surface area is 91.0 Å². The number of hydrogen-bond donors (Lipinski definition) is 2. The zero-order chi connectivity index (χ0) is 11.3. The Kier molecular flexibility index (Phi) is 4.57. The number of hydrogen-bond acceptors (Lipinski definition) is 3. The third-order valence-electron chi connectivity index (χ3n) is 2.84. The Morgan fingerprint density at radius 2 is 2.47 bits per heavy atom. The molecule has 1 aliphatic rings. The summed E-state index contributed by atoms with van der Waals surface area (Å²) in [6, 6.07) is 1.91. The molecule has 0 aliphatic carbocycles. The van der Waals surface area contributed by atoms with Crippen LogP contribution in [0.3, 0.4) is 0 Å². The van der Waals surface area contributed by atoms with Crippen molar-refractivity contribution in [1.82, 2.24) is 10.6 Å². The molecule has 1 fully saturated rings. The normalized spacial score (nSPS) is 27.8. The fraction of sp³-hybridized carbons (Fsp3) is 0.818. The van der Waals surface area contributed by atoms with Gasteiger partial charge in [0.15, 0.2) is 0 Å². The minimum absolute atomic E-state index is 0.0324. The molecule has 3 unspecified atom stereocenters. The van der Waals surface area contributed by atoms with Gasteiger partial charge in [-0.2, -0.15) is 5.26 Å². The third-order valence-corrected chi connectivity index (χ3v) is 2.84. The maximum Gasteiger partial charge on any atom is 0.237 e. The molecule has 4 nitrogen and oxygen atoms in total. The number of rotatable bonds is 3. The van der Waals surface area contributed by atoms with Gasteiger partial charge in [-0.05, 0) is 32.2 Å². The number of nitrogens with one attached hydrogen (secondary N) is 2. The summed E-state index contributed by atoms with van der Waals surface area (Å²) in [4.78, 5) is 11.8. The quantitative estimate of drug-likeness (QED) is 0.722. The minimum atomic E-state index is -0.0834. The average molecular weight is 209 g/mol. The molecular weight excluding hydrogens is 190 g/mol. The van der Waals surface area contributed by atoms with Crippen LogP contribution in [0.25, 0.3) is 0 Å². The van der Waals surface area contributed by atoms with Crippen LogP contribution in [0, 0.1) is 17.2 Å². The van der Waals surface area contributed by atoms with Crippen molar-refractivity contribution in [3.63, 3.8) is 0 Å². The average Bonchev–Trinajstić information content (AvgIpc) is 2.18. The van der Waals surface area contributed by atoms with E-state index >= 15 is 0 Å². The molecule has 0 aromatic heterocycles. The molecule has 1 amide bonds. The first-order valence-electron chi connectivity index (χ1n) is 5.56. The predicted molar refractivity (Wildman–Crippen MR) is 58.0 cm³/mol. The number of piperidine rings is 1.